The van der Waals surface area contributed by atoms with Crippen molar-refractivity contribution in [2.75, 3.05) is 45.2 Å². The molecule has 0 aromatic rings. The highest BCUT2D eigenvalue weighted by molar-refractivity contribution is 8.00. The van der Waals surface area contributed by atoms with E-state index in [-0.39, 0.29) is 18.6 Å². The molecule has 1 unspecified atom stereocenters. The fourth-order valence-corrected chi connectivity index (χ4v) is 3.48. The quantitative estimate of drug-likeness (QED) is 0.736. The molecule has 6 heteroatoms. The van der Waals surface area contributed by atoms with Gasteiger partial charge in [0.1, 0.15) is 0 Å². The summed E-state index contributed by atoms with van der Waals surface area (Å²) in [6.45, 7) is 3.76. The molecule has 2 fully saturated rings. The third-order valence-electron chi connectivity index (χ3n) is 3.49. The maximum absolute atomic E-state index is 12.1. The Bertz CT molecular complexity index is 272. The summed E-state index contributed by atoms with van der Waals surface area (Å²) >= 11 is 1.76. The maximum Gasteiger partial charge on any atom is 0.233 e. The minimum Gasteiger partial charge on any atom is -0.394 e. The SMILES string of the molecule is O=C(CSC1CCNCC1)N1CCOCC1CO. The summed E-state index contributed by atoms with van der Waals surface area (Å²) in [7, 11) is 0. The second-order valence-corrected chi connectivity index (χ2v) is 6.05. The number of rotatable bonds is 4. The van der Waals surface area contributed by atoms with E-state index >= 15 is 0 Å². The van der Waals surface area contributed by atoms with Gasteiger partial charge in [0, 0.05) is 11.8 Å². The van der Waals surface area contributed by atoms with Crippen molar-refractivity contribution in [2.24, 2.45) is 0 Å². The Hall–Kier alpha value is -0.300. The average molecular weight is 274 g/mol. The Balaban J connectivity index is 1.75. The molecule has 2 N–H and O–H groups in total. The van der Waals surface area contributed by atoms with Crippen LogP contribution in [0.1, 0.15) is 12.8 Å². The van der Waals surface area contributed by atoms with Crippen LogP contribution in [-0.4, -0.2) is 72.4 Å². The van der Waals surface area contributed by atoms with E-state index in [2.05, 4.69) is 5.32 Å². The number of piperidine rings is 1. The van der Waals surface area contributed by atoms with Crippen LogP contribution < -0.4 is 5.32 Å². The van der Waals surface area contributed by atoms with Crippen molar-refractivity contribution in [3.05, 3.63) is 0 Å². The van der Waals surface area contributed by atoms with Gasteiger partial charge in [0.15, 0.2) is 0 Å². The molecule has 2 rings (SSSR count). The Morgan fingerprint density at radius 3 is 2.94 bits per heavy atom. The topological polar surface area (TPSA) is 61.8 Å². The molecule has 0 aromatic heterocycles. The van der Waals surface area contributed by atoms with Gasteiger partial charge in [-0.25, -0.2) is 0 Å². The number of hydrogen-bond acceptors (Lipinski definition) is 5. The van der Waals surface area contributed by atoms with Crippen LogP contribution >= 0.6 is 11.8 Å². The molecular weight excluding hydrogens is 252 g/mol. The number of nitrogens with one attached hydrogen (secondary N) is 1. The van der Waals surface area contributed by atoms with E-state index in [9.17, 15) is 9.90 Å². The zero-order valence-corrected chi connectivity index (χ0v) is 11.5. The van der Waals surface area contributed by atoms with Gasteiger partial charge >= 0.3 is 0 Å². The summed E-state index contributed by atoms with van der Waals surface area (Å²) < 4.78 is 5.28. The molecule has 104 valence electrons. The summed E-state index contributed by atoms with van der Waals surface area (Å²) in [5, 5.41) is 13.2. The predicted octanol–water partition coefficient (Wildman–Crippen LogP) is -0.309. The number of aliphatic hydroxyl groups excluding tert-OH is 1. The molecule has 18 heavy (non-hydrogen) atoms. The van der Waals surface area contributed by atoms with Crippen LogP contribution in [0, 0.1) is 0 Å². The van der Waals surface area contributed by atoms with E-state index in [4.69, 9.17) is 4.74 Å². The van der Waals surface area contributed by atoms with Crippen LogP contribution in [0.2, 0.25) is 0 Å². The van der Waals surface area contributed by atoms with E-state index in [0.717, 1.165) is 25.9 Å². The van der Waals surface area contributed by atoms with Crippen LogP contribution in [0.3, 0.4) is 0 Å². The molecule has 2 aliphatic rings. The second kappa shape index (κ2) is 7.33. The van der Waals surface area contributed by atoms with Gasteiger partial charge in [-0.05, 0) is 25.9 Å². The van der Waals surface area contributed by atoms with Gasteiger partial charge in [-0.2, -0.15) is 0 Å². The molecule has 1 amide bonds. The Morgan fingerprint density at radius 2 is 2.22 bits per heavy atom. The zero-order chi connectivity index (χ0) is 12.8. The first-order valence-corrected chi connectivity index (χ1v) is 7.66. The number of carbonyl (C=O) groups is 1. The smallest absolute Gasteiger partial charge is 0.233 e. The second-order valence-electron chi connectivity index (χ2n) is 4.76. The van der Waals surface area contributed by atoms with Crippen molar-refractivity contribution in [3.8, 4) is 0 Å². The Kier molecular flexibility index (Phi) is 5.75. The number of amides is 1. The first-order chi connectivity index (χ1) is 8.81. The largest absolute Gasteiger partial charge is 0.394 e. The van der Waals surface area contributed by atoms with Crippen LogP contribution in [0.5, 0.6) is 0 Å². The number of morpholine rings is 1. The van der Waals surface area contributed by atoms with Crippen molar-refractivity contribution in [2.45, 2.75) is 24.1 Å². The van der Waals surface area contributed by atoms with Crippen LogP contribution in [-0.2, 0) is 9.53 Å². The normalized spacial score (nSPS) is 26.3. The third kappa shape index (κ3) is 3.85. The van der Waals surface area contributed by atoms with Crippen LogP contribution in [0.15, 0.2) is 0 Å². The van der Waals surface area contributed by atoms with E-state index in [1.165, 1.54) is 0 Å². The lowest BCUT2D eigenvalue weighted by Crippen LogP contribution is -2.51. The number of thioether (sulfide) groups is 1. The van der Waals surface area contributed by atoms with Gasteiger partial charge in [0.25, 0.3) is 0 Å². The summed E-state index contributed by atoms with van der Waals surface area (Å²) in [4.78, 5) is 13.9. The predicted molar refractivity (Wildman–Crippen MR) is 71.8 cm³/mol. The maximum atomic E-state index is 12.1. The Morgan fingerprint density at radius 1 is 1.44 bits per heavy atom. The highest BCUT2D eigenvalue weighted by Gasteiger charge is 2.27. The van der Waals surface area contributed by atoms with Crippen molar-refractivity contribution in [1.29, 1.82) is 0 Å². The van der Waals surface area contributed by atoms with Crippen molar-refractivity contribution >= 4 is 17.7 Å². The van der Waals surface area contributed by atoms with E-state index in [0.29, 0.717) is 30.8 Å². The van der Waals surface area contributed by atoms with Gasteiger partial charge in [-0.15, -0.1) is 11.8 Å². The number of ether oxygens (including phenoxy) is 1. The van der Waals surface area contributed by atoms with Gasteiger partial charge < -0.3 is 20.1 Å². The van der Waals surface area contributed by atoms with Gasteiger partial charge in [-0.3, -0.25) is 4.79 Å². The average Bonchev–Trinajstić information content (AvgIpc) is 2.45. The van der Waals surface area contributed by atoms with Crippen LogP contribution in [0.4, 0.5) is 0 Å². The van der Waals surface area contributed by atoms with Gasteiger partial charge in [0.2, 0.25) is 5.91 Å². The molecule has 0 radical (unpaired) electrons. The monoisotopic (exact) mass is 274 g/mol. The van der Waals surface area contributed by atoms with Crippen molar-refractivity contribution in [3.63, 3.8) is 0 Å². The summed E-state index contributed by atoms with van der Waals surface area (Å²) in [5.74, 6) is 0.669. The molecule has 0 spiro atoms. The highest BCUT2D eigenvalue weighted by atomic mass is 32.2. The fraction of sp³-hybridized carbons (Fsp3) is 0.917. The number of carbonyl (C=O) groups excluding carboxylic acids is 1. The lowest BCUT2D eigenvalue weighted by atomic mass is 10.2. The molecule has 0 bridgehead atoms. The minimum atomic E-state index is -0.153. The van der Waals surface area contributed by atoms with Gasteiger partial charge in [0.05, 0.1) is 31.6 Å². The molecule has 2 heterocycles. The third-order valence-corrected chi connectivity index (χ3v) is 4.84. The molecule has 0 aromatic carbocycles. The van der Waals surface area contributed by atoms with Crippen molar-refractivity contribution in [1.82, 2.24) is 10.2 Å². The molecule has 5 nitrogen and oxygen atoms in total. The van der Waals surface area contributed by atoms with E-state index in [1.54, 1.807) is 16.7 Å². The Labute approximate surface area is 112 Å². The number of nitrogens with zero attached hydrogens (tertiary/aromatic N) is 1. The lowest BCUT2D eigenvalue weighted by Gasteiger charge is -2.34. The molecule has 0 aliphatic carbocycles. The molecule has 2 aliphatic heterocycles. The number of aliphatic hydroxyl groups is 1. The van der Waals surface area contributed by atoms with Crippen LogP contribution in [0.25, 0.3) is 0 Å². The first-order valence-electron chi connectivity index (χ1n) is 6.61. The molecule has 1 atom stereocenters. The summed E-state index contributed by atoms with van der Waals surface area (Å²) in [6, 6.07) is -0.153. The fourth-order valence-electron chi connectivity index (χ4n) is 2.37. The number of hydrogen-bond donors (Lipinski definition) is 2. The minimum absolute atomic E-state index is 0.0102. The van der Waals surface area contributed by atoms with E-state index < -0.39 is 0 Å². The summed E-state index contributed by atoms with van der Waals surface area (Å²) in [6.07, 6.45) is 2.29. The van der Waals surface area contributed by atoms with Crippen molar-refractivity contribution < 1.29 is 14.6 Å². The first kappa shape index (κ1) is 14.1. The zero-order valence-electron chi connectivity index (χ0n) is 10.6. The van der Waals surface area contributed by atoms with E-state index in [1.807, 2.05) is 0 Å². The molecule has 0 saturated carbocycles. The summed E-state index contributed by atoms with van der Waals surface area (Å²) in [5.41, 5.74) is 0. The lowest BCUT2D eigenvalue weighted by molar-refractivity contribution is -0.138. The van der Waals surface area contributed by atoms with Gasteiger partial charge in [-0.1, -0.05) is 0 Å². The standard InChI is InChI=1S/C12H22N2O3S/c15-7-10-8-17-6-5-14(10)12(16)9-18-11-1-3-13-4-2-11/h10-11,13,15H,1-9H2. The molecule has 2 saturated heterocycles. The molecular formula is C12H22N2O3S. The highest BCUT2D eigenvalue weighted by Crippen LogP contribution is 2.21.